The van der Waals surface area contributed by atoms with E-state index in [1.54, 1.807) is 7.11 Å². The van der Waals surface area contributed by atoms with Crippen molar-refractivity contribution in [3.8, 4) is 5.75 Å². The number of benzene rings is 2. The van der Waals surface area contributed by atoms with E-state index in [1.165, 1.54) is 35.1 Å². The third-order valence-corrected chi connectivity index (χ3v) is 4.84. The molecule has 1 aliphatic rings. The quantitative estimate of drug-likeness (QED) is 0.634. The fourth-order valence-electron chi connectivity index (χ4n) is 3.35. The third-order valence-electron chi connectivity index (χ3n) is 4.38. The van der Waals surface area contributed by atoms with E-state index in [-0.39, 0.29) is 0 Å². The van der Waals surface area contributed by atoms with Gasteiger partial charge in [0.2, 0.25) is 0 Å². The average molecular weight is 357 g/mol. The average Bonchev–Trinajstić information content (AvgIpc) is 3.00. The van der Waals surface area contributed by atoms with Gasteiger partial charge in [0.15, 0.2) is 0 Å². The summed E-state index contributed by atoms with van der Waals surface area (Å²) < 4.78 is 5.41. The number of rotatable bonds is 5. The second-order valence-corrected chi connectivity index (χ2v) is 6.45. The van der Waals surface area contributed by atoms with Crippen LogP contribution in [0.1, 0.15) is 35.4 Å². The summed E-state index contributed by atoms with van der Waals surface area (Å²) in [4.78, 5) is 0. The van der Waals surface area contributed by atoms with Crippen molar-refractivity contribution < 1.29 is 4.74 Å². The van der Waals surface area contributed by atoms with Gasteiger partial charge in [-0.05, 0) is 53.7 Å². The lowest BCUT2D eigenvalue weighted by atomic mass is 9.87. The van der Waals surface area contributed by atoms with Crippen LogP contribution in [0, 0.1) is 0 Å². The summed E-state index contributed by atoms with van der Waals surface area (Å²) in [5.74, 6) is 1.43. The van der Waals surface area contributed by atoms with Crippen LogP contribution in [0.2, 0.25) is 0 Å². The molecule has 0 bridgehead atoms. The van der Waals surface area contributed by atoms with Crippen molar-refractivity contribution in [2.24, 2.45) is 0 Å². The van der Waals surface area contributed by atoms with Gasteiger partial charge in [-0.1, -0.05) is 58.4 Å². The Balaban J connectivity index is 2.01. The second-order valence-electron chi connectivity index (χ2n) is 5.66. The van der Waals surface area contributed by atoms with Crippen LogP contribution in [0.4, 0.5) is 0 Å². The number of alkyl halides is 1. The molecule has 0 radical (unpaired) electrons. The first-order chi connectivity index (χ1) is 10.8. The van der Waals surface area contributed by atoms with E-state index in [9.17, 15) is 0 Å². The number of methoxy groups -OCH3 is 1. The highest BCUT2D eigenvalue weighted by molar-refractivity contribution is 9.09. The highest BCUT2D eigenvalue weighted by Crippen LogP contribution is 2.43. The summed E-state index contributed by atoms with van der Waals surface area (Å²) >= 11 is 3.55. The maximum absolute atomic E-state index is 5.41. The van der Waals surface area contributed by atoms with Crippen LogP contribution in [-0.2, 0) is 6.42 Å². The fraction of sp³-hybridized carbons (Fsp3) is 0.300. The summed E-state index contributed by atoms with van der Waals surface area (Å²) in [5, 5.41) is 0.995. The van der Waals surface area contributed by atoms with Crippen LogP contribution in [0.3, 0.4) is 0 Å². The number of hydrogen-bond acceptors (Lipinski definition) is 1. The van der Waals surface area contributed by atoms with Crippen molar-refractivity contribution in [1.82, 2.24) is 0 Å². The van der Waals surface area contributed by atoms with E-state index < -0.39 is 0 Å². The molecule has 0 aliphatic heterocycles. The van der Waals surface area contributed by atoms with E-state index in [2.05, 4.69) is 64.5 Å². The molecule has 22 heavy (non-hydrogen) atoms. The summed E-state index contributed by atoms with van der Waals surface area (Å²) in [6, 6.07) is 17.3. The number of hydrogen-bond donors (Lipinski definition) is 0. The van der Waals surface area contributed by atoms with Crippen molar-refractivity contribution in [2.45, 2.75) is 25.2 Å². The minimum Gasteiger partial charge on any atom is -0.497 e. The number of ether oxygens (including phenoxy) is 1. The first kappa shape index (κ1) is 15.4. The topological polar surface area (TPSA) is 9.23 Å². The monoisotopic (exact) mass is 356 g/mol. The summed E-state index contributed by atoms with van der Waals surface area (Å²) in [7, 11) is 1.73. The largest absolute Gasteiger partial charge is 0.497 e. The molecule has 0 fully saturated rings. The molecule has 2 heteroatoms. The maximum atomic E-state index is 5.41. The zero-order valence-corrected chi connectivity index (χ0v) is 14.5. The Hall–Kier alpha value is -1.54. The lowest BCUT2D eigenvalue weighted by molar-refractivity contribution is 0.414. The van der Waals surface area contributed by atoms with E-state index >= 15 is 0 Å². The standard InChI is InChI=1S/C20H21BrO/c1-22-17-8-4-7-16(14-17)19(10-5-13-21)20-12-11-15-6-2-3-9-18(15)20/h2-4,6-10,14,20H,5,11-13H2,1H3. The Morgan fingerprint density at radius 1 is 1.23 bits per heavy atom. The molecule has 1 unspecified atom stereocenters. The Morgan fingerprint density at radius 3 is 2.91 bits per heavy atom. The molecule has 0 heterocycles. The van der Waals surface area contributed by atoms with Crippen molar-refractivity contribution in [2.75, 3.05) is 12.4 Å². The SMILES string of the molecule is COc1cccc(C(=CCCBr)C2CCc3ccccc32)c1. The number of allylic oxidation sites excluding steroid dienone is 2. The number of fused-ring (bicyclic) bond motifs is 1. The highest BCUT2D eigenvalue weighted by Gasteiger charge is 2.25. The van der Waals surface area contributed by atoms with Crippen LogP contribution < -0.4 is 4.74 Å². The third kappa shape index (κ3) is 3.12. The molecular formula is C20H21BrO. The normalized spacial score (nSPS) is 17.4. The molecule has 0 N–H and O–H groups in total. The van der Waals surface area contributed by atoms with E-state index in [4.69, 9.17) is 4.74 Å². The Kier molecular flexibility index (Phi) is 4.99. The zero-order chi connectivity index (χ0) is 15.4. The summed E-state index contributed by atoms with van der Waals surface area (Å²) in [6.07, 6.45) is 5.81. The lowest BCUT2D eigenvalue weighted by Crippen LogP contribution is -1.99. The van der Waals surface area contributed by atoms with Gasteiger partial charge < -0.3 is 4.74 Å². The molecule has 0 amide bonds. The summed E-state index contributed by atoms with van der Waals surface area (Å²) in [6.45, 7) is 0. The van der Waals surface area contributed by atoms with Gasteiger partial charge in [0, 0.05) is 11.2 Å². The van der Waals surface area contributed by atoms with Crippen LogP contribution in [0.5, 0.6) is 5.75 Å². The van der Waals surface area contributed by atoms with Gasteiger partial charge in [-0.25, -0.2) is 0 Å². The Labute approximate surface area is 141 Å². The molecule has 0 saturated carbocycles. The zero-order valence-electron chi connectivity index (χ0n) is 12.9. The van der Waals surface area contributed by atoms with E-state index in [1.807, 2.05) is 6.07 Å². The van der Waals surface area contributed by atoms with Gasteiger partial charge in [0.25, 0.3) is 0 Å². The van der Waals surface area contributed by atoms with Crippen LogP contribution in [0.15, 0.2) is 54.6 Å². The molecule has 0 spiro atoms. The molecule has 1 nitrogen and oxygen atoms in total. The van der Waals surface area contributed by atoms with Gasteiger partial charge in [-0.2, -0.15) is 0 Å². The molecule has 114 valence electrons. The van der Waals surface area contributed by atoms with Crippen LogP contribution in [-0.4, -0.2) is 12.4 Å². The number of aryl methyl sites for hydroxylation is 1. The van der Waals surface area contributed by atoms with Crippen molar-refractivity contribution in [3.63, 3.8) is 0 Å². The van der Waals surface area contributed by atoms with Crippen LogP contribution in [0.25, 0.3) is 5.57 Å². The van der Waals surface area contributed by atoms with Gasteiger partial charge in [-0.3, -0.25) is 0 Å². The second kappa shape index (κ2) is 7.15. The molecule has 1 atom stereocenters. The summed E-state index contributed by atoms with van der Waals surface area (Å²) in [5.41, 5.74) is 5.71. The maximum Gasteiger partial charge on any atom is 0.119 e. The molecule has 0 saturated heterocycles. The Bertz CT molecular complexity index is 675. The minimum absolute atomic E-state index is 0.502. The molecular weight excluding hydrogens is 336 g/mol. The molecule has 2 aromatic rings. The van der Waals surface area contributed by atoms with E-state index in [0.717, 1.165) is 17.5 Å². The lowest BCUT2D eigenvalue weighted by Gasteiger charge is -2.18. The molecule has 1 aliphatic carbocycles. The first-order valence-electron chi connectivity index (χ1n) is 7.81. The van der Waals surface area contributed by atoms with Crippen molar-refractivity contribution >= 4 is 21.5 Å². The predicted octanol–water partition coefficient (Wildman–Crippen LogP) is 5.59. The van der Waals surface area contributed by atoms with Crippen LogP contribution >= 0.6 is 15.9 Å². The van der Waals surface area contributed by atoms with E-state index in [0.29, 0.717) is 5.92 Å². The molecule has 3 rings (SSSR count). The molecule has 2 aromatic carbocycles. The number of halogens is 1. The van der Waals surface area contributed by atoms with Gasteiger partial charge >= 0.3 is 0 Å². The Morgan fingerprint density at radius 2 is 2.09 bits per heavy atom. The smallest absolute Gasteiger partial charge is 0.119 e. The van der Waals surface area contributed by atoms with Crippen molar-refractivity contribution in [3.05, 3.63) is 71.3 Å². The fourth-order valence-corrected chi connectivity index (χ4v) is 3.58. The predicted molar refractivity (Wildman–Crippen MR) is 96.9 cm³/mol. The van der Waals surface area contributed by atoms with Gasteiger partial charge in [0.05, 0.1) is 7.11 Å². The van der Waals surface area contributed by atoms with Crippen molar-refractivity contribution in [1.29, 1.82) is 0 Å². The molecule has 0 aromatic heterocycles. The minimum atomic E-state index is 0.502. The van der Waals surface area contributed by atoms with Gasteiger partial charge in [-0.15, -0.1) is 0 Å². The highest BCUT2D eigenvalue weighted by atomic mass is 79.9. The first-order valence-corrected chi connectivity index (χ1v) is 8.94. The van der Waals surface area contributed by atoms with Gasteiger partial charge in [0.1, 0.15) is 5.75 Å².